The monoisotopic (exact) mass is 418 g/mol. The van der Waals surface area contributed by atoms with E-state index < -0.39 is 0 Å². The fraction of sp³-hybridized carbons (Fsp3) is 0.333. The number of hydrogen-bond acceptors (Lipinski definition) is 2. The molecule has 0 aliphatic rings. The van der Waals surface area contributed by atoms with E-state index in [1.165, 1.54) is 6.07 Å². The van der Waals surface area contributed by atoms with E-state index in [4.69, 9.17) is 23.8 Å². The van der Waals surface area contributed by atoms with Gasteiger partial charge in [0.2, 0.25) is 0 Å². The van der Waals surface area contributed by atoms with Crippen LogP contribution in [-0.4, -0.2) is 21.4 Å². The van der Waals surface area contributed by atoms with E-state index in [9.17, 15) is 4.39 Å². The zero-order valence-corrected chi connectivity index (χ0v) is 15.9. The Kier molecular flexibility index (Phi) is 6.38. The quantitative estimate of drug-likeness (QED) is 0.704. The average molecular weight is 420 g/mol. The summed E-state index contributed by atoms with van der Waals surface area (Å²) in [6.07, 6.45) is 1.75. The molecule has 1 aromatic carbocycles. The van der Waals surface area contributed by atoms with Gasteiger partial charge in [-0.3, -0.25) is 4.68 Å². The van der Waals surface area contributed by atoms with Gasteiger partial charge in [-0.25, -0.2) is 4.39 Å². The molecule has 0 amide bonds. The van der Waals surface area contributed by atoms with Crippen molar-refractivity contribution in [2.75, 3.05) is 11.9 Å². The van der Waals surface area contributed by atoms with Crippen molar-refractivity contribution in [3.05, 3.63) is 45.3 Å². The number of halogens is 3. The largest absolute Gasteiger partial charge is 0.362 e. The Bertz CT molecular complexity index is 685. The molecule has 0 bridgehead atoms. The molecule has 8 heteroatoms. The molecule has 4 nitrogen and oxygen atoms in total. The third-order valence-electron chi connectivity index (χ3n) is 3.00. The molecule has 2 aromatic rings. The predicted molar refractivity (Wildman–Crippen MR) is 99.5 cm³/mol. The van der Waals surface area contributed by atoms with Crippen LogP contribution in [0.1, 0.15) is 19.4 Å². The Balaban J connectivity index is 2.08. The highest BCUT2D eigenvalue weighted by atomic mass is 79.9. The fourth-order valence-corrected chi connectivity index (χ4v) is 2.67. The van der Waals surface area contributed by atoms with Crippen LogP contribution in [0.2, 0.25) is 5.02 Å². The van der Waals surface area contributed by atoms with Crippen LogP contribution in [0.15, 0.2) is 28.9 Å². The highest BCUT2D eigenvalue weighted by Gasteiger charge is 2.12. The van der Waals surface area contributed by atoms with Gasteiger partial charge >= 0.3 is 0 Å². The molecule has 1 heterocycles. The molecule has 0 saturated carbocycles. The first kappa shape index (κ1) is 18.2. The summed E-state index contributed by atoms with van der Waals surface area (Å²) in [7, 11) is 0. The van der Waals surface area contributed by atoms with Crippen LogP contribution in [0.3, 0.4) is 0 Å². The summed E-state index contributed by atoms with van der Waals surface area (Å²) in [6.45, 7) is 5.20. The first-order valence-electron chi connectivity index (χ1n) is 7.07. The van der Waals surface area contributed by atoms with Gasteiger partial charge in [0, 0.05) is 23.3 Å². The van der Waals surface area contributed by atoms with Crippen molar-refractivity contribution in [1.29, 1.82) is 0 Å². The van der Waals surface area contributed by atoms with Gasteiger partial charge in [0.25, 0.3) is 0 Å². The maximum Gasteiger partial charge on any atom is 0.172 e. The van der Waals surface area contributed by atoms with Gasteiger partial charge in [0.1, 0.15) is 5.82 Å². The molecule has 124 valence electrons. The number of anilines is 1. The molecule has 1 aromatic heterocycles. The second-order valence-electron chi connectivity index (χ2n) is 5.45. The maximum absolute atomic E-state index is 13.8. The predicted octanol–water partition coefficient (Wildman–Crippen LogP) is 4.43. The Labute approximate surface area is 153 Å². The molecule has 0 aliphatic heterocycles. The van der Waals surface area contributed by atoms with Gasteiger partial charge < -0.3 is 10.6 Å². The summed E-state index contributed by atoms with van der Waals surface area (Å²) >= 11 is 14.7. The van der Waals surface area contributed by atoms with Gasteiger partial charge in [-0.2, -0.15) is 5.10 Å². The minimum absolute atomic E-state index is 0.234. The van der Waals surface area contributed by atoms with E-state index in [-0.39, 0.29) is 12.4 Å². The van der Waals surface area contributed by atoms with Crippen molar-refractivity contribution in [1.82, 2.24) is 15.1 Å². The number of thiocarbonyl (C=S) groups is 1. The average Bonchev–Trinajstić information content (AvgIpc) is 2.81. The lowest BCUT2D eigenvalue weighted by Gasteiger charge is -2.10. The van der Waals surface area contributed by atoms with Crippen LogP contribution in [0.25, 0.3) is 0 Å². The molecular formula is C15H17BrClFN4S. The SMILES string of the molecule is CC(C)CNC(=S)Nc1nn(Cc2c(F)cccc2Cl)cc1Br. The van der Waals surface area contributed by atoms with Crippen molar-refractivity contribution in [3.8, 4) is 0 Å². The Hall–Kier alpha value is -1.18. The summed E-state index contributed by atoms with van der Waals surface area (Å²) in [5.74, 6) is 0.699. The number of benzene rings is 1. The lowest BCUT2D eigenvalue weighted by molar-refractivity contribution is 0.586. The summed E-state index contributed by atoms with van der Waals surface area (Å²) in [5.41, 5.74) is 0.399. The van der Waals surface area contributed by atoms with Crippen molar-refractivity contribution in [2.45, 2.75) is 20.4 Å². The molecule has 0 saturated heterocycles. The molecule has 0 radical (unpaired) electrons. The van der Waals surface area contributed by atoms with Gasteiger partial charge in [0.05, 0.1) is 11.0 Å². The van der Waals surface area contributed by atoms with E-state index in [1.54, 1.807) is 23.0 Å². The number of nitrogens with zero attached hydrogens (tertiary/aromatic N) is 2. The van der Waals surface area contributed by atoms with Crippen LogP contribution in [-0.2, 0) is 6.54 Å². The fourth-order valence-electron chi connectivity index (χ4n) is 1.86. The molecule has 0 aliphatic carbocycles. The van der Waals surface area contributed by atoms with Crippen molar-refractivity contribution in [3.63, 3.8) is 0 Å². The molecule has 0 atom stereocenters. The van der Waals surface area contributed by atoms with E-state index in [2.05, 4.69) is 45.5 Å². The Morgan fingerprint density at radius 3 is 2.87 bits per heavy atom. The first-order valence-corrected chi connectivity index (χ1v) is 8.65. The normalized spacial score (nSPS) is 10.9. The second-order valence-corrected chi connectivity index (χ2v) is 7.12. The highest BCUT2D eigenvalue weighted by molar-refractivity contribution is 9.10. The number of aromatic nitrogens is 2. The Morgan fingerprint density at radius 1 is 1.48 bits per heavy atom. The molecule has 2 N–H and O–H groups in total. The van der Waals surface area contributed by atoms with Gasteiger partial charge in [0.15, 0.2) is 10.9 Å². The van der Waals surface area contributed by atoms with Crippen LogP contribution in [0, 0.1) is 11.7 Å². The lowest BCUT2D eigenvalue weighted by Crippen LogP contribution is -2.31. The number of rotatable bonds is 5. The standard InChI is InChI=1S/C15H17BrClFN4S/c1-9(2)6-19-15(23)20-14-11(16)8-22(21-14)7-10-12(17)4-3-5-13(10)18/h3-5,8-9H,6-7H2,1-2H3,(H2,19,20,21,23). The summed E-state index contributed by atoms with van der Waals surface area (Å²) < 4.78 is 16.2. The van der Waals surface area contributed by atoms with Crippen molar-refractivity contribution in [2.24, 2.45) is 5.92 Å². The van der Waals surface area contributed by atoms with Gasteiger partial charge in [-0.05, 0) is 46.2 Å². The second kappa shape index (κ2) is 8.08. The summed E-state index contributed by atoms with van der Waals surface area (Å²) in [5, 5.41) is 11.3. The van der Waals surface area contributed by atoms with Gasteiger partial charge in [-0.15, -0.1) is 0 Å². The van der Waals surface area contributed by atoms with Crippen LogP contribution >= 0.6 is 39.7 Å². The van der Waals surface area contributed by atoms with E-state index in [0.29, 0.717) is 27.4 Å². The third-order valence-corrected chi connectivity index (χ3v) is 4.18. The molecule has 0 spiro atoms. The minimum Gasteiger partial charge on any atom is -0.362 e. The molecule has 0 unspecified atom stereocenters. The highest BCUT2D eigenvalue weighted by Crippen LogP contribution is 2.24. The molecular weight excluding hydrogens is 403 g/mol. The number of hydrogen-bond donors (Lipinski definition) is 2. The summed E-state index contributed by atoms with van der Waals surface area (Å²) in [4.78, 5) is 0. The zero-order valence-electron chi connectivity index (χ0n) is 12.7. The van der Waals surface area contributed by atoms with Crippen LogP contribution in [0.4, 0.5) is 10.2 Å². The number of nitrogens with one attached hydrogen (secondary N) is 2. The zero-order chi connectivity index (χ0) is 17.0. The smallest absolute Gasteiger partial charge is 0.172 e. The van der Waals surface area contributed by atoms with Crippen molar-refractivity contribution >= 4 is 50.7 Å². The maximum atomic E-state index is 13.8. The van der Waals surface area contributed by atoms with E-state index >= 15 is 0 Å². The van der Waals surface area contributed by atoms with Gasteiger partial charge in [-0.1, -0.05) is 31.5 Å². The molecule has 2 rings (SSSR count). The van der Waals surface area contributed by atoms with Crippen LogP contribution in [0.5, 0.6) is 0 Å². The van der Waals surface area contributed by atoms with E-state index in [1.807, 2.05) is 0 Å². The topological polar surface area (TPSA) is 41.9 Å². The Morgan fingerprint density at radius 2 is 2.22 bits per heavy atom. The van der Waals surface area contributed by atoms with E-state index in [0.717, 1.165) is 11.0 Å². The first-order chi connectivity index (χ1) is 10.9. The molecule has 23 heavy (non-hydrogen) atoms. The minimum atomic E-state index is -0.354. The molecule has 0 fully saturated rings. The third kappa shape index (κ3) is 5.16. The van der Waals surface area contributed by atoms with Crippen LogP contribution < -0.4 is 10.6 Å². The lowest BCUT2D eigenvalue weighted by atomic mass is 10.2. The van der Waals surface area contributed by atoms with Crippen molar-refractivity contribution < 1.29 is 4.39 Å². The summed E-state index contributed by atoms with van der Waals surface area (Å²) in [6, 6.07) is 4.61.